The highest BCUT2D eigenvalue weighted by atomic mass is 19.4. The van der Waals surface area contributed by atoms with Crippen LogP contribution in [0.15, 0.2) is 49.1 Å². The van der Waals surface area contributed by atoms with Crippen molar-refractivity contribution in [3.05, 3.63) is 66.1 Å². The van der Waals surface area contributed by atoms with Crippen LogP contribution in [-0.2, 0) is 11.0 Å². The van der Waals surface area contributed by atoms with Gasteiger partial charge in [0.2, 0.25) is 5.91 Å². The molecule has 3 N–H and O–H groups in total. The van der Waals surface area contributed by atoms with Gasteiger partial charge in [0.1, 0.15) is 34.4 Å². The van der Waals surface area contributed by atoms with Crippen molar-refractivity contribution in [3.8, 4) is 11.3 Å². The van der Waals surface area contributed by atoms with Crippen molar-refractivity contribution in [2.24, 2.45) is 0 Å². The molecule has 0 spiro atoms. The van der Waals surface area contributed by atoms with Crippen molar-refractivity contribution >= 4 is 29.0 Å². The molecule has 1 atom stereocenters. The summed E-state index contributed by atoms with van der Waals surface area (Å²) < 4.78 is 40.8. The Hall–Kier alpha value is -4.55. The first-order valence-corrected chi connectivity index (χ1v) is 12.4. The number of pyridine rings is 2. The minimum absolute atomic E-state index is 0.00438. The Morgan fingerprint density at radius 3 is 2.69 bits per heavy atom. The molecular weight excluding hydrogens is 513 g/mol. The molecule has 0 aromatic carbocycles. The van der Waals surface area contributed by atoms with E-state index in [1.807, 2.05) is 16.2 Å². The summed E-state index contributed by atoms with van der Waals surface area (Å²) in [6.45, 7) is 3.11. The topological polar surface area (TPSA) is 131 Å². The van der Waals surface area contributed by atoms with Gasteiger partial charge in [0.15, 0.2) is 0 Å². The van der Waals surface area contributed by atoms with E-state index in [9.17, 15) is 22.8 Å². The highest BCUT2D eigenvalue weighted by Crippen LogP contribution is 2.34. The minimum Gasteiger partial charge on any atom is -0.382 e. The van der Waals surface area contributed by atoms with E-state index < -0.39 is 17.6 Å². The van der Waals surface area contributed by atoms with Gasteiger partial charge in [-0.1, -0.05) is 6.92 Å². The Morgan fingerprint density at radius 2 is 1.97 bits per heavy atom. The predicted octanol–water partition coefficient (Wildman–Crippen LogP) is 4.16. The number of carbonyl (C=O) groups excluding carboxylic acids is 2. The molecule has 1 aliphatic rings. The van der Waals surface area contributed by atoms with Gasteiger partial charge in [0.25, 0.3) is 5.91 Å². The lowest BCUT2D eigenvalue weighted by atomic mass is 9.97. The fraction of sp³-hybridized carbons (Fsp3) is 0.308. The molecule has 10 nitrogen and oxygen atoms in total. The molecule has 2 amide bonds. The Kier molecular flexibility index (Phi) is 6.89. The van der Waals surface area contributed by atoms with E-state index in [2.05, 4.69) is 20.3 Å². The fourth-order valence-corrected chi connectivity index (χ4v) is 4.74. The Bertz CT molecular complexity index is 1530. The summed E-state index contributed by atoms with van der Waals surface area (Å²) in [6, 6.07) is 4.65. The van der Waals surface area contributed by atoms with Crippen molar-refractivity contribution in [1.82, 2.24) is 29.2 Å². The van der Waals surface area contributed by atoms with Gasteiger partial charge in [-0.15, -0.1) is 0 Å². The van der Waals surface area contributed by atoms with Crippen LogP contribution in [0.3, 0.4) is 0 Å². The van der Waals surface area contributed by atoms with Gasteiger partial charge in [-0.2, -0.15) is 13.2 Å². The van der Waals surface area contributed by atoms with Crippen LogP contribution in [0.1, 0.15) is 54.0 Å². The van der Waals surface area contributed by atoms with E-state index in [-0.39, 0.29) is 29.2 Å². The molecule has 0 radical (unpaired) electrons. The molecule has 5 heterocycles. The molecule has 13 heteroatoms. The first-order chi connectivity index (χ1) is 18.7. The zero-order valence-corrected chi connectivity index (χ0v) is 20.9. The molecule has 1 aliphatic heterocycles. The van der Waals surface area contributed by atoms with Crippen molar-refractivity contribution in [2.75, 3.05) is 24.1 Å². The van der Waals surface area contributed by atoms with Gasteiger partial charge in [0.05, 0.1) is 5.56 Å². The summed E-state index contributed by atoms with van der Waals surface area (Å²) in [7, 11) is 0. The minimum atomic E-state index is -4.56. The molecule has 4 aromatic heterocycles. The lowest BCUT2D eigenvalue weighted by Crippen LogP contribution is -2.39. The van der Waals surface area contributed by atoms with E-state index in [0.29, 0.717) is 36.3 Å². The largest absolute Gasteiger partial charge is 0.416 e. The summed E-state index contributed by atoms with van der Waals surface area (Å²) in [6.07, 6.45) is 3.36. The molecule has 4 aromatic rings. The number of nitrogens with one attached hydrogen (secondary N) is 1. The van der Waals surface area contributed by atoms with Gasteiger partial charge >= 0.3 is 6.18 Å². The quantitative estimate of drug-likeness (QED) is 0.390. The van der Waals surface area contributed by atoms with Crippen LogP contribution in [-0.4, -0.2) is 54.1 Å². The predicted molar refractivity (Wildman–Crippen MR) is 137 cm³/mol. The van der Waals surface area contributed by atoms with Crippen LogP contribution in [0.2, 0.25) is 0 Å². The zero-order chi connectivity index (χ0) is 27.7. The maximum absolute atomic E-state index is 13.0. The number of piperidine rings is 1. The van der Waals surface area contributed by atoms with Crippen LogP contribution in [0, 0.1) is 0 Å². The number of anilines is 2. The van der Waals surface area contributed by atoms with Crippen molar-refractivity contribution in [3.63, 3.8) is 0 Å². The number of amides is 2. The third kappa shape index (κ3) is 5.24. The average molecular weight is 539 g/mol. The molecule has 0 saturated carbocycles. The number of halogens is 3. The molecule has 202 valence electrons. The van der Waals surface area contributed by atoms with Crippen LogP contribution in [0.5, 0.6) is 0 Å². The van der Waals surface area contributed by atoms with Crippen molar-refractivity contribution < 1.29 is 22.8 Å². The summed E-state index contributed by atoms with van der Waals surface area (Å²) in [4.78, 5) is 43.9. The highest BCUT2D eigenvalue weighted by Gasteiger charge is 2.31. The third-order valence-electron chi connectivity index (χ3n) is 6.65. The number of rotatable bonds is 5. The van der Waals surface area contributed by atoms with E-state index in [1.165, 1.54) is 12.3 Å². The smallest absolute Gasteiger partial charge is 0.382 e. The Balaban J connectivity index is 1.43. The van der Waals surface area contributed by atoms with E-state index in [0.717, 1.165) is 37.0 Å². The normalized spacial score (nSPS) is 15.9. The number of nitrogens with two attached hydrogens (primary N) is 1. The van der Waals surface area contributed by atoms with E-state index in [4.69, 9.17) is 10.7 Å². The Labute approximate surface area is 221 Å². The second kappa shape index (κ2) is 10.3. The van der Waals surface area contributed by atoms with Crippen LogP contribution >= 0.6 is 0 Å². The van der Waals surface area contributed by atoms with Crippen LogP contribution < -0.4 is 11.1 Å². The molecule has 39 heavy (non-hydrogen) atoms. The number of nitrogen functional groups attached to an aromatic ring is 1. The van der Waals surface area contributed by atoms with Gasteiger partial charge in [-0.25, -0.2) is 15.0 Å². The first-order valence-electron chi connectivity index (χ1n) is 12.4. The molecular formula is C26H25F3N8O2. The number of aromatic nitrogens is 5. The van der Waals surface area contributed by atoms with Crippen molar-refractivity contribution in [2.45, 2.75) is 38.3 Å². The van der Waals surface area contributed by atoms with Crippen LogP contribution in [0.4, 0.5) is 24.8 Å². The van der Waals surface area contributed by atoms with Crippen LogP contribution in [0.25, 0.3) is 16.8 Å². The van der Waals surface area contributed by atoms with Gasteiger partial charge in [0, 0.05) is 55.8 Å². The number of imidazole rings is 1. The van der Waals surface area contributed by atoms with Crippen molar-refractivity contribution in [1.29, 1.82) is 0 Å². The van der Waals surface area contributed by atoms with Gasteiger partial charge < -0.3 is 16.0 Å². The zero-order valence-electron chi connectivity index (χ0n) is 20.9. The number of nitrogens with zero attached hydrogens (tertiary/aromatic N) is 6. The lowest BCUT2D eigenvalue weighted by Gasteiger charge is -2.32. The summed E-state index contributed by atoms with van der Waals surface area (Å²) >= 11 is 0. The number of hydrogen-bond acceptors (Lipinski definition) is 7. The van der Waals surface area contributed by atoms with E-state index in [1.54, 1.807) is 18.5 Å². The lowest BCUT2D eigenvalue weighted by molar-refractivity contribution is -0.137. The molecule has 1 unspecified atom stereocenters. The molecule has 1 saturated heterocycles. The number of fused-ring (bicyclic) bond motifs is 1. The molecule has 0 aliphatic carbocycles. The number of likely N-dealkylation sites (tertiary alicyclic amines) is 1. The number of hydrogen-bond donors (Lipinski definition) is 2. The first kappa shape index (κ1) is 26.1. The second-order valence-corrected chi connectivity index (χ2v) is 9.20. The Morgan fingerprint density at radius 1 is 1.15 bits per heavy atom. The standard InChI is InChI=1S/C26H25F3N8O2/c1-2-20(38)36-10-3-4-16(14-36)24-35-21(22-23(30)32-9-11-37(22)24)15-5-6-18(33-13-15)25(39)34-19-12-17(7-8-31-19)26(27,28)29/h5-9,11-13,16H,2-4,10,14H2,1H3,(H2,30,32)(H,31,34,39). The molecule has 1 fully saturated rings. The van der Waals surface area contributed by atoms with E-state index >= 15 is 0 Å². The molecule has 0 bridgehead atoms. The summed E-state index contributed by atoms with van der Waals surface area (Å²) in [5, 5.41) is 2.34. The second-order valence-electron chi connectivity index (χ2n) is 9.20. The monoisotopic (exact) mass is 538 g/mol. The number of alkyl halides is 3. The maximum Gasteiger partial charge on any atom is 0.416 e. The SMILES string of the molecule is CCC(=O)N1CCCC(c2nc(-c3ccc(C(=O)Nc4cc(C(F)(F)F)ccn4)nc3)c3c(N)nccn23)C1. The maximum atomic E-state index is 13.0. The molecule has 5 rings (SSSR count). The highest BCUT2D eigenvalue weighted by molar-refractivity contribution is 6.02. The third-order valence-corrected chi connectivity index (χ3v) is 6.65. The van der Waals surface area contributed by atoms with Gasteiger partial charge in [-0.05, 0) is 37.1 Å². The average Bonchev–Trinajstić information content (AvgIpc) is 3.33. The number of carbonyl (C=O) groups is 2. The fourth-order valence-electron chi connectivity index (χ4n) is 4.74. The summed E-state index contributed by atoms with van der Waals surface area (Å²) in [5.41, 5.74) is 6.96. The summed E-state index contributed by atoms with van der Waals surface area (Å²) in [5.74, 6) is 0.150. The van der Waals surface area contributed by atoms with Gasteiger partial charge in [-0.3, -0.25) is 19.0 Å².